The Bertz CT molecular complexity index is 1540. The number of benzene rings is 2. The van der Waals surface area contributed by atoms with E-state index in [1.54, 1.807) is 41.0 Å². The zero-order valence-corrected chi connectivity index (χ0v) is 22.0. The third kappa shape index (κ3) is 4.71. The Labute approximate surface area is 220 Å². The molecule has 2 aromatic heterocycles. The van der Waals surface area contributed by atoms with Crippen LogP contribution in [0.2, 0.25) is 5.02 Å². The lowest BCUT2D eigenvalue weighted by Crippen LogP contribution is -2.37. The number of hydrogen-bond donors (Lipinski definition) is 0. The summed E-state index contributed by atoms with van der Waals surface area (Å²) < 4.78 is 14.6. The quantitative estimate of drug-likeness (QED) is 0.295. The zero-order valence-electron chi connectivity index (χ0n) is 21.3. The van der Waals surface area contributed by atoms with Gasteiger partial charge in [0, 0.05) is 47.5 Å². The minimum atomic E-state index is -0.256. The van der Waals surface area contributed by atoms with Crippen molar-refractivity contribution >= 4 is 28.6 Å². The van der Waals surface area contributed by atoms with Crippen LogP contribution in [0.25, 0.3) is 27.7 Å². The van der Waals surface area contributed by atoms with E-state index in [9.17, 15) is 9.59 Å². The fraction of sp³-hybridized carbons (Fsp3) is 0.310. The Morgan fingerprint density at radius 3 is 2.70 bits per heavy atom. The van der Waals surface area contributed by atoms with Gasteiger partial charge in [0.2, 0.25) is 0 Å². The Kier molecular flexibility index (Phi) is 6.98. The molecule has 1 aliphatic heterocycles. The SMILES string of the molecule is CCCCOC(=O)N1CCc2c(n(C)c3cc(-n4ccc(-c5ccc(Cl)cc5OC)cc4=O)ccc23)C1. The molecule has 0 fully saturated rings. The highest BCUT2D eigenvalue weighted by atomic mass is 35.5. The molecule has 0 spiro atoms. The van der Waals surface area contributed by atoms with Gasteiger partial charge in [0.15, 0.2) is 0 Å². The number of amides is 1. The van der Waals surface area contributed by atoms with Gasteiger partial charge >= 0.3 is 6.09 Å². The molecule has 0 saturated carbocycles. The highest BCUT2D eigenvalue weighted by Gasteiger charge is 2.26. The van der Waals surface area contributed by atoms with Crippen molar-refractivity contribution < 1.29 is 14.3 Å². The monoisotopic (exact) mass is 519 g/mol. The lowest BCUT2D eigenvalue weighted by atomic mass is 10.0. The van der Waals surface area contributed by atoms with Crippen LogP contribution in [-0.2, 0) is 24.8 Å². The Morgan fingerprint density at radius 1 is 1.11 bits per heavy atom. The number of aromatic nitrogens is 2. The summed E-state index contributed by atoms with van der Waals surface area (Å²) in [4.78, 5) is 27.4. The van der Waals surface area contributed by atoms with Gasteiger partial charge in [-0.15, -0.1) is 0 Å². The summed E-state index contributed by atoms with van der Waals surface area (Å²) in [5.74, 6) is 0.615. The van der Waals surface area contributed by atoms with Crippen molar-refractivity contribution in [2.75, 3.05) is 20.3 Å². The van der Waals surface area contributed by atoms with E-state index in [-0.39, 0.29) is 11.7 Å². The first-order valence-electron chi connectivity index (χ1n) is 12.5. The van der Waals surface area contributed by atoms with Crippen molar-refractivity contribution in [1.29, 1.82) is 0 Å². The van der Waals surface area contributed by atoms with E-state index in [1.807, 2.05) is 31.3 Å². The number of carbonyl (C=O) groups is 1. The van der Waals surface area contributed by atoms with Crippen molar-refractivity contribution in [3.63, 3.8) is 0 Å². The van der Waals surface area contributed by atoms with E-state index in [0.717, 1.165) is 52.7 Å². The second-order valence-electron chi connectivity index (χ2n) is 9.29. The minimum absolute atomic E-state index is 0.145. The number of rotatable bonds is 6. The highest BCUT2D eigenvalue weighted by Crippen LogP contribution is 2.33. The summed E-state index contributed by atoms with van der Waals surface area (Å²) in [5, 5.41) is 1.72. The number of ether oxygens (including phenoxy) is 2. The van der Waals surface area contributed by atoms with Gasteiger partial charge in [-0.05, 0) is 60.4 Å². The molecule has 0 atom stereocenters. The van der Waals surface area contributed by atoms with Crippen LogP contribution in [0.15, 0.2) is 59.5 Å². The molecule has 4 aromatic rings. The number of fused-ring (bicyclic) bond motifs is 3. The number of unbranched alkanes of at least 4 members (excludes halogenated alkanes) is 1. The summed E-state index contributed by atoms with van der Waals surface area (Å²) in [6, 6.07) is 14.9. The molecule has 5 rings (SSSR count). The zero-order chi connectivity index (χ0) is 26.1. The van der Waals surface area contributed by atoms with E-state index in [2.05, 4.69) is 17.6 Å². The number of carbonyl (C=O) groups excluding carboxylic acids is 1. The van der Waals surface area contributed by atoms with Crippen LogP contribution in [0.3, 0.4) is 0 Å². The van der Waals surface area contributed by atoms with Crippen molar-refractivity contribution in [1.82, 2.24) is 14.0 Å². The lowest BCUT2D eigenvalue weighted by molar-refractivity contribution is 0.0958. The van der Waals surface area contributed by atoms with Crippen molar-refractivity contribution in [3.8, 4) is 22.6 Å². The first kappa shape index (κ1) is 25.0. The van der Waals surface area contributed by atoms with Crippen LogP contribution in [0.4, 0.5) is 4.79 Å². The van der Waals surface area contributed by atoms with E-state index in [0.29, 0.717) is 30.5 Å². The van der Waals surface area contributed by atoms with E-state index < -0.39 is 0 Å². The van der Waals surface area contributed by atoms with Gasteiger partial charge in [-0.25, -0.2) is 4.79 Å². The molecule has 0 saturated heterocycles. The average Bonchev–Trinajstić information content (AvgIpc) is 3.19. The maximum Gasteiger partial charge on any atom is 0.410 e. The van der Waals surface area contributed by atoms with Gasteiger partial charge in [-0.2, -0.15) is 0 Å². The number of hydrogen-bond acceptors (Lipinski definition) is 4. The molecule has 1 aliphatic rings. The molecule has 7 nitrogen and oxygen atoms in total. The number of aryl methyl sites for hydroxylation is 1. The molecule has 0 aliphatic carbocycles. The third-order valence-corrected chi connectivity index (χ3v) is 7.28. The smallest absolute Gasteiger partial charge is 0.410 e. The van der Waals surface area contributed by atoms with E-state index in [4.69, 9.17) is 21.1 Å². The van der Waals surface area contributed by atoms with Crippen LogP contribution in [0.5, 0.6) is 5.75 Å². The summed E-state index contributed by atoms with van der Waals surface area (Å²) in [6.45, 7) is 3.67. The van der Waals surface area contributed by atoms with Crippen LogP contribution in [0.1, 0.15) is 31.0 Å². The van der Waals surface area contributed by atoms with Crippen molar-refractivity contribution in [2.24, 2.45) is 7.05 Å². The summed E-state index contributed by atoms with van der Waals surface area (Å²) in [5.41, 5.74) is 5.58. The molecule has 192 valence electrons. The molecule has 0 bridgehead atoms. The Morgan fingerprint density at radius 2 is 1.95 bits per heavy atom. The Hall–Kier alpha value is -3.71. The topological polar surface area (TPSA) is 65.7 Å². The largest absolute Gasteiger partial charge is 0.496 e. The van der Waals surface area contributed by atoms with E-state index in [1.165, 1.54) is 5.56 Å². The van der Waals surface area contributed by atoms with Crippen molar-refractivity contribution in [2.45, 2.75) is 32.7 Å². The van der Waals surface area contributed by atoms with Gasteiger partial charge < -0.3 is 18.9 Å². The predicted octanol–water partition coefficient (Wildman–Crippen LogP) is 5.95. The lowest BCUT2D eigenvalue weighted by Gasteiger charge is -2.27. The first-order chi connectivity index (χ1) is 17.9. The predicted molar refractivity (Wildman–Crippen MR) is 146 cm³/mol. The van der Waals surface area contributed by atoms with Gasteiger partial charge in [-0.1, -0.05) is 31.0 Å². The minimum Gasteiger partial charge on any atom is -0.496 e. The molecule has 0 radical (unpaired) electrons. The van der Waals surface area contributed by atoms with Crippen LogP contribution in [-0.4, -0.2) is 40.4 Å². The summed E-state index contributed by atoms with van der Waals surface area (Å²) >= 11 is 6.09. The molecule has 0 unspecified atom stereocenters. The second-order valence-corrected chi connectivity index (χ2v) is 9.73. The van der Waals surface area contributed by atoms with Gasteiger partial charge in [0.1, 0.15) is 5.75 Å². The molecule has 37 heavy (non-hydrogen) atoms. The Balaban J connectivity index is 1.45. The first-order valence-corrected chi connectivity index (χ1v) is 12.9. The normalized spacial score (nSPS) is 13.0. The molecule has 3 heterocycles. The standard InChI is InChI=1S/C29H30ClN3O4/c1-4-5-14-37-29(35)32-12-11-24-23-9-7-21(17-25(23)31(2)26(24)18-32)33-13-10-19(15-28(33)34)22-8-6-20(30)16-27(22)36-3/h6-10,13,15-17H,4-5,11-12,14,18H2,1-3H3. The highest BCUT2D eigenvalue weighted by molar-refractivity contribution is 6.30. The van der Waals surface area contributed by atoms with Gasteiger partial charge in [0.05, 0.1) is 31.5 Å². The number of pyridine rings is 1. The second kappa shape index (κ2) is 10.3. The molecular weight excluding hydrogens is 490 g/mol. The molecule has 2 aromatic carbocycles. The van der Waals surface area contributed by atoms with Crippen LogP contribution in [0, 0.1) is 0 Å². The van der Waals surface area contributed by atoms with Crippen LogP contribution < -0.4 is 10.3 Å². The average molecular weight is 520 g/mol. The maximum atomic E-state index is 13.2. The molecular formula is C29H30ClN3O4. The molecule has 0 N–H and O–H groups in total. The summed E-state index contributed by atoms with van der Waals surface area (Å²) in [7, 11) is 3.59. The van der Waals surface area contributed by atoms with E-state index >= 15 is 0 Å². The fourth-order valence-electron chi connectivity index (χ4n) is 5.01. The molecule has 1 amide bonds. The van der Waals surface area contributed by atoms with Crippen molar-refractivity contribution in [3.05, 3.63) is 81.4 Å². The molecule has 8 heteroatoms. The van der Waals surface area contributed by atoms with Gasteiger partial charge in [0.25, 0.3) is 5.56 Å². The maximum absolute atomic E-state index is 13.2. The number of methoxy groups -OCH3 is 1. The number of halogens is 1. The van der Waals surface area contributed by atoms with Crippen LogP contribution >= 0.6 is 11.6 Å². The van der Waals surface area contributed by atoms with Gasteiger partial charge in [-0.3, -0.25) is 9.36 Å². The number of nitrogens with zero attached hydrogens (tertiary/aromatic N) is 3. The third-order valence-electron chi connectivity index (χ3n) is 7.05. The fourth-order valence-corrected chi connectivity index (χ4v) is 5.17. The summed E-state index contributed by atoms with van der Waals surface area (Å²) in [6.07, 6.45) is 4.16.